The molecule has 0 aromatic carbocycles. The molecule has 0 aliphatic heterocycles. The number of nitrogens with one attached hydrogen (secondary N) is 1. The maximum absolute atomic E-state index is 12.0. The lowest BCUT2D eigenvalue weighted by molar-refractivity contribution is -0.121. The Bertz CT molecular complexity index is 386. The van der Waals surface area contributed by atoms with Crippen molar-refractivity contribution in [1.29, 1.82) is 0 Å². The van der Waals surface area contributed by atoms with Gasteiger partial charge >= 0.3 is 0 Å². The Kier molecular flexibility index (Phi) is 5.73. The molecule has 1 saturated carbocycles. The van der Waals surface area contributed by atoms with E-state index in [9.17, 15) is 9.90 Å². The van der Waals surface area contributed by atoms with E-state index in [1.807, 2.05) is 6.07 Å². The van der Waals surface area contributed by atoms with Crippen molar-refractivity contribution in [3.8, 4) is 0 Å². The number of amides is 1. The summed E-state index contributed by atoms with van der Waals surface area (Å²) in [6, 6.07) is 4.12. The number of carbonyl (C=O) groups excluding carboxylic acids is 1. The fourth-order valence-electron chi connectivity index (χ4n) is 2.52. The number of hydrogen-bond donors (Lipinski definition) is 2. The lowest BCUT2D eigenvalue weighted by atomic mass is 9.82. The van der Waals surface area contributed by atoms with Crippen LogP contribution in [0.3, 0.4) is 0 Å². The van der Waals surface area contributed by atoms with Crippen LogP contribution in [0.15, 0.2) is 17.5 Å². The lowest BCUT2D eigenvalue weighted by Gasteiger charge is -2.36. The smallest absolute Gasteiger partial charge is 0.230 e. The quantitative estimate of drug-likeness (QED) is 0.849. The second-order valence-electron chi connectivity index (χ2n) is 5.12. The summed E-state index contributed by atoms with van der Waals surface area (Å²) >= 11 is 3.36. The molecule has 0 bridgehead atoms. The van der Waals surface area contributed by atoms with Gasteiger partial charge in [0.25, 0.3) is 0 Å². The highest BCUT2D eigenvalue weighted by Gasteiger charge is 2.32. The average Bonchev–Trinajstić information content (AvgIpc) is 2.93. The monoisotopic (exact) mass is 299 g/mol. The first-order valence-corrected chi connectivity index (χ1v) is 8.79. The fourth-order valence-corrected chi connectivity index (χ4v) is 4.19. The normalized spacial score (nSPS) is 18.2. The maximum Gasteiger partial charge on any atom is 0.230 e. The van der Waals surface area contributed by atoms with Gasteiger partial charge in [0.15, 0.2) is 0 Å². The van der Waals surface area contributed by atoms with Crippen LogP contribution < -0.4 is 5.32 Å². The van der Waals surface area contributed by atoms with Gasteiger partial charge in [-0.1, -0.05) is 25.3 Å². The number of carbonyl (C=O) groups is 1. The molecule has 1 heterocycles. The molecule has 1 aromatic heterocycles. The molecule has 0 radical (unpaired) electrons. The Balaban J connectivity index is 1.73. The summed E-state index contributed by atoms with van der Waals surface area (Å²) in [6.07, 6.45) is 5.23. The first-order chi connectivity index (χ1) is 9.24. The molecule has 2 rings (SSSR count). The standard InChI is InChI=1S/C14H21NO2S2/c16-11-14(6-2-1-3-7-14)15-13(17)10-18-9-12-5-4-8-19-12/h4-5,8,16H,1-3,6-7,9-11H2,(H,15,17). The third kappa shape index (κ3) is 4.51. The van der Waals surface area contributed by atoms with E-state index < -0.39 is 0 Å². The van der Waals surface area contributed by atoms with Crippen LogP contribution in [0, 0.1) is 0 Å². The number of aliphatic hydroxyl groups is 1. The average molecular weight is 299 g/mol. The number of hydrogen-bond acceptors (Lipinski definition) is 4. The second-order valence-corrected chi connectivity index (χ2v) is 7.14. The molecule has 1 amide bonds. The molecule has 19 heavy (non-hydrogen) atoms. The van der Waals surface area contributed by atoms with Crippen molar-refractivity contribution in [3.63, 3.8) is 0 Å². The van der Waals surface area contributed by atoms with Gasteiger partial charge in [0.1, 0.15) is 0 Å². The molecule has 0 spiro atoms. The van der Waals surface area contributed by atoms with Crippen LogP contribution in [0.25, 0.3) is 0 Å². The zero-order valence-electron chi connectivity index (χ0n) is 11.1. The molecule has 2 N–H and O–H groups in total. The zero-order valence-corrected chi connectivity index (χ0v) is 12.7. The van der Waals surface area contributed by atoms with Gasteiger partial charge in [0, 0.05) is 10.6 Å². The largest absolute Gasteiger partial charge is 0.394 e. The van der Waals surface area contributed by atoms with E-state index in [0.29, 0.717) is 5.75 Å². The van der Waals surface area contributed by atoms with Crippen molar-refractivity contribution in [1.82, 2.24) is 5.32 Å². The molecule has 3 nitrogen and oxygen atoms in total. The van der Waals surface area contributed by atoms with Gasteiger partial charge in [0.05, 0.1) is 17.9 Å². The first-order valence-electron chi connectivity index (χ1n) is 6.76. The number of thioether (sulfide) groups is 1. The van der Waals surface area contributed by atoms with E-state index in [1.54, 1.807) is 23.1 Å². The van der Waals surface area contributed by atoms with Crippen LogP contribution in [-0.2, 0) is 10.5 Å². The van der Waals surface area contributed by atoms with E-state index in [4.69, 9.17) is 0 Å². The third-order valence-electron chi connectivity index (χ3n) is 3.58. The molecule has 106 valence electrons. The van der Waals surface area contributed by atoms with E-state index in [-0.39, 0.29) is 18.1 Å². The van der Waals surface area contributed by atoms with Crippen LogP contribution in [0.4, 0.5) is 0 Å². The fraction of sp³-hybridized carbons (Fsp3) is 0.643. The molecule has 0 atom stereocenters. The van der Waals surface area contributed by atoms with E-state index >= 15 is 0 Å². The Hall–Kier alpha value is -0.520. The van der Waals surface area contributed by atoms with Crippen molar-refractivity contribution in [2.45, 2.75) is 43.4 Å². The summed E-state index contributed by atoms with van der Waals surface area (Å²) < 4.78 is 0. The molecule has 1 aromatic rings. The van der Waals surface area contributed by atoms with Crippen molar-refractivity contribution in [3.05, 3.63) is 22.4 Å². The number of rotatable bonds is 6. The zero-order chi connectivity index (χ0) is 13.6. The number of thiophene rings is 1. The Morgan fingerprint density at radius 2 is 2.21 bits per heavy atom. The minimum atomic E-state index is -0.348. The van der Waals surface area contributed by atoms with E-state index in [0.717, 1.165) is 31.4 Å². The number of aliphatic hydroxyl groups excluding tert-OH is 1. The third-order valence-corrected chi connectivity index (χ3v) is 5.62. The molecule has 5 heteroatoms. The minimum Gasteiger partial charge on any atom is -0.394 e. The SMILES string of the molecule is O=C(CSCc1cccs1)NC1(CO)CCCCC1. The highest BCUT2D eigenvalue weighted by atomic mass is 32.2. The molecular weight excluding hydrogens is 278 g/mol. The van der Waals surface area contributed by atoms with Gasteiger partial charge in [-0.2, -0.15) is 0 Å². The lowest BCUT2D eigenvalue weighted by Crippen LogP contribution is -2.53. The molecular formula is C14H21NO2S2. The van der Waals surface area contributed by atoms with Gasteiger partial charge < -0.3 is 10.4 Å². The maximum atomic E-state index is 12.0. The summed E-state index contributed by atoms with van der Waals surface area (Å²) in [4.78, 5) is 13.3. The van der Waals surface area contributed by atoms with Gasteiger partial charge in [-0.25, -0.2) is 0 Å². The van der Waals surface area contributed by atoms with Crippen LogP contribution in [0.5, 0.6) is 0 Å². The van der Waals surface area contributed by atoms with Gasteiger partial charge in [0.2, 0.25) is 5.91 Å². The van der Waals surface area contributed by atoms with E-state index in [2.05, 4.69) is 16.8 Å². The van der Waals surface area contributed by atoms with Crippen LogP contribution >= 0.6 is 23.1 Å². The molecule has 1 aliphatic rings. The predicted molar refractivity (Wildman–Crippen MR) is 81.5 cm³/mol. The van der Waals surface area contributed by atoms with Crippen molar-refractivity contribution >= 4 is 29.0 Å². The topological polar surface area (TPSA) is 49.3 Å². The Morgan fingerprint density at radius 3 is 2.84 bits per heavy atom. The second kappa shape index (κ2) is 7.31. The van der Waals surface area contributed by atoms with Crippen LogP contribution in [-0.4, -0.2) is 28.9 Å². The summed E-state index contributed by atoms with van der Waals surface area (Å²) in [6.45, 7) is 0.0638. The summed E-state index contributed by atoms with van der Waals surface area (Å²) in [5, 5.41) is 14.7. The summed E-state index contributed by atoms with van der Waals surface area (Å²) in [5.41, 5.74) is -0.348. The summed E-state index contributed by atoms with van der Waals surface area (Å²) in [7, 11) is 0. The van der Waals surface area contributed by atoms with Crippen LogP contribution in [0.2, 0.25) is 0 Å². The molecule has 0 saturated heterocycles. The minimum absolute atomic E-state index is 0.0532. The first kappa shape index (κ1) is 14.9. The van der Waals surface area contributed by atoms with Crippen molar-refractivity contribution in [2.24, 2.45) is 0 Å². The van der Waals surface area contributed by atoms with Gasteiger partial charge in [-0.15, -0.1) is 23.1 Å². The molecule has 1 fully saturated rings. The Morgan fingerprint density at radius 1 is 1.42 bits per heavy atom. The van der Waals surface area contributed by atoms with E-state index in [1.165, 1.54) is 11.3 Å². The predicted octanol–water partition coefficient (Wildman–Crippen LogP) is 2.79. The summed E-state index contributed by atoms with van der Waals surface area (Å²) in [5.74, 6) is 1.41. The molecule has 0 unspecified atom stereocenters. The highest BCUT2D eigenvalue weighted by molar-refractivity contribution is 7.99. The van der Waals surface area contributed by atoms with Crippen LogP contribution in [0.1, 0.15) is 37.0 Å². The van der Waals surface area contributed by atoms with Crippen molar-refractivity contribution in [2.75, 3.05) is 12.4 Å². The highest BCUT2D eigenvalue weighted by Crippen LogP contribution is 2.28. The van der Waals surface area contributed by atoms with Crippen molar-refractivity contribution < 1.29 is 9.90 Å². The van der Waals surface area contributed by atoms with Gasteiger partial charge in [-0.3, -0.25) is 4.79 Å². The van der Waals surface area contributed by atoms with Gasteiger partial charge in [-0.05, 0) is 24.3 Å². The Labute approximate surface area is 122 Å². The molecule has 1 aliphatic carbocycles.